The van der Waals surface area contributed by atoms with E-state index in [2.05, 4.69) is 27.2 Å². The molecule has 0 bridgehead atoms. The lowest BCUT2D eigenvalue weighted by atomic mass is 10.0. The van der Waals surface area contributed by atoms with Crippen LogP contribution in [0.15, 0.2) is 28.8 Å². The average molecular weight is 345 g/mol. The second kappa shape index (κ2) is 6.86. The second-order valence-electron chi connectivity index (χ2n) is 6.79. The highest BCUT2D eigenvalue weighted by Crippen LogP contribution is 2.36. The lowest BCUT2D eigenvalue weighted by molar-refractivity contribution is 0.0307. The van der Waals surface area contributed by atoms with E-state index >= 15 is 0 Å². The zero-order valence-corrected chi connectivity index (χ0v) is 14.6. The molecule has 24 heavy (non-hydrogen) atoms. The van der Waals surface area contributed by atoms with E-state index in [0.29, 0.717) is 23.9 Å². The van der Waals surface area contributed by atoms with Gasteiger partial charge < -0.3 is 9.63 Å². The number of benzene rings is 1. The van der Waals surface area contributed by atoms with Gasteiger partial charge in [-0.3, -0.25) is 4.90 Å². The van der Waals surface area contributed by atoms with Crippen molar-refractivity contribution in [3.63, 3.8) is 0 Å². The van der Waals surface area contributed by atoms with Gasteiger partial charge in [0, 0.05) is 17.9 Å². The highest BCUT2D eigenvalue weighted by Gasteiger charge is 2.39. The Bertz CT molecular complexity index is 691. The standard InChI is InChI=1S/C18H23N3O2S/c22-18(7-10-24-13-18)17-19-16(20-23-17)15-6-4-5-14(11-15)12-21-8-2-1-3-9-21/h4-6,11,22H,1-3,7-10,12-13H2. The number of rotatable bonds is 4. The van der Waals surface area contributed by atoms with Crippen LogP contribution < -0.4 is 0 Å². The summed E-state index contributed by atoms with van der Waals surface area (Å²) in [6.07, 6.45) is 4.62. The largest absolute Gasteiger partial charge is 0.379 e. The van der Waals surface area contributed by atoms with Crippen LogP contribution in [0.2, 0.25) is 0 Å². The molecule has 1 aromatic carbocycles. The van der Waals surface area contributed by atoms with Gasteiger partial charge in [-0.25, -0.2) is 0 Å². The van der Waals surface area contributed by atoms with Gasteiger partial charge in [0.15, 0.2) is 5.60 Å². The molecule has 0 amide bonds. The van der Waals surface area contributed by atoms with Crippen molar-refractivity contribution in [2.24, 2.45) is 0 Å². The third kappa shape index (κ3) is 3.36. The van der Waals surface area contributed by atoms with E-state index in [-0.39, 0.29) is 0 Å². The normalized spacial score (nSPS) is 25.2. The van der Waals surface area contributed by atoms with Gasteiger partial charge in [0.2, 0.25) is 5.82 Å². The molecule has 3 heterocycles. The fourth-order valence-electron chi connectivity index (χ4n) is 3.44. The Morgan fingerprint density at radius 1 is 1.25 bits per heavy atom. The van der Waals surface area contributed by atoms with Crippen LogP contribution in [0.1, 0.15) is 37.1 Å². The van der Waals surface area contributed by atoms with Crippen molar-refractivity contribution in [1.82, 2.24) is 15.0 Å². The molecular weight excluding hydrogens is 322 g/mol. The SMILES string of the molecule is OC1(c2nc(-c3cccc(CN4CCCCC4)c3)no2)CCSC1. The Balaban J connectivity index is 1.52. The van der Waals surface area contributed by atoms with Crippen LogP contribution in [0.3, 0.4) is 0 Å². The first-order valence-electron chi connectivity index (χ1n) is 8.69. The first kappa shape index (κ1) is 16.1. The minimum absolute atomic E-state index is 0.351. The number of thioether (sulfide) groups is 1. The van der Waals surface area contributed by atoms with Crippen molar-refractivity contribution in [3.05, 3.63) is 35.7 Å². The van der Waals surface area contributed by atoms with Crippen LogP contribution >= 0.6 is 11.8 Å². The number of aliphatic hydroxyl groups is 1. The summed E-state index contributed by atoms with van der Waals surface area (Å²) in [5.41, 5.74) is 1.27. The summed E-state index contributed by atoms with van der Waals surface area (Å²) in [5.74, 6) is 2.48. The molecule has 1 atom stereocenters. The average Bonchev–Trinajstić information content (AvgIpc) is 3.26. The molecule has 6 heteroatoms. The summed E-state index contributed by atoms with van der Waals surface area (Å²) in [6.45, 7) is 3.34. The quantitative estimate of drug-likeness (QED) is 0.919. The van der Waals surface area contributed by atoms with Crippen LogP contribution in [0, 0.1) is 0 Å². The number of nitrogens with zero attached hydrogens (tertiary/aromatic N) is 3. The van der Waals surface area contributed by atoms with Crippen molar-refractivity contribution >= 4 is 11.8 Å². The molecule has 5 nitrogen and oxygen atoms in total. The summed E-state index contributed by atoms with van der Waals surface area (Å²) in [4.78, 5) is 6.97. The highest BCUT2D eigenvalue weighted by atomic mass is 32.2. The van der Waals surface area contributed by atoms with E-state index in [4.69, 9.17) is 4.52 Å². The van der Waals surface area contributed by atoms with Gasteiger partial charge in [-0.2, -0.15) is 16.7 Å². The predicted octanol–water partition coefficient (Wildman–Crippen LogP) is 3.05. The fraction of sp³-hybridized carbons (Fsp3) is 0.556. The van der Waals surface area contributed by atoms with E-state index in [9.17, 15) is 5.11 Å². The van der Waals surface area contributed by atoms with E-state index < -0.39 is 5.60 Å². The molecule has 2 fully saturated rings. The van der Waals surface area contributed by atoms with Crippen LogP contribution in [0.25, 0.3) is 11.4 Å². The molecule has 2 saturated heterocycles. The molecule has 0 spiro atoms. The number of aromatic nitrogens is 2. The van der Waals surface area contributed by atoms with E-state index in [1.807, 2.05) is 12.1 Å². The second-order valence-corrected chi connectivity index (χ2v) is 7.90. The molecule has 0 aliphatic carbocycles. The maximum absolute atomic E-state index is 10.6. The Morgan fingerprint density at radius 3 is 2.92 bits per heavy atom. The summed E-state index contributed by atoms with van der Waals surface area (Å²) >= 11 is 1.72. The number of likely N-dealkylation sites (tertiary alicyclic amines) is 1. The Kier molecular flexibility index (Phi) is 4.61. The van der Waals surface area contributed by atoms with Gasteiger partial charge in [0.1, 0.15) is 0 Å². The first-order chi connectivity index (χ1) is 11.7. The van der Waals surface area contributed by atoms with Gasteiger partial charge >= 0.3 is 0 Å². The number of hydrogen-bond donors (Lipinski definition) is 1. The minimum Gasteiger partial charge on any atom is -0.379 e. The lowest BCUT2D eigenvalue weighted by Gasteiger charge is -2.26. The highest BCUT2D eigenvalue weighted by molar-refractivity contribution is 7.99. The van der Waals surface area contributed by atoms with Crippen molar-refractivity contribution < 1.29 is 9.63 Å². The Hall–Kier alpha value is -1.37. The molecule has 0 saturated carbocycles. The number of piperidine rings is 1. The van der Waals surface area contributed by atoms with Crippen LogP contribution in [-0.2, 0) is 12.1 Å². The molecule has 1 aromatic heterocycles. The Labute approximate surface area is 146 Å². The first-order valence-corrected chi connectivity index (χ1v) is 9.84. The van der Waals surface area contributed by atoms with Gasteiger partial charge in [-0.15, -0.1) is 0 Å². The van der Waals surface area contributed by atoms with Gasteiger partial charge in [-0.05, 0) is 49.7 Å². The van der Waals surface area contributed by atoms with Crippen molar-refractivity contribution in [3.8, 4) is 11.4 Å². The van der Waals surface area contributed by atoms with E-state index in [1.165, 1.54) is 37.9 Å². The third-order valence-corrected chi connectivity index (χ3v) is 6.04. The molecule has 1 N–H and O–H groups in total. The molecule has 4 rings (SSSR count). The summed E-state index contributed by atoms with van der Waals surface area (Å²) in [5, 5.41) is 14.7. The molecular formula is C18H23N3O2S. The molecule has 2 aliphatic heterocycles. The maximum atomic E-state index is 10.6. The molecule has 128 valence electrons. The summed E-state index contributed by atoms with van der Waals surface area (Å²) < 4.78 is 5.36. The topological polar surface area (TPSA) is 62.4 Å². The van der Waals surface area contributed by atoms with E-state index in [1.54, 1.807) is 11.8 Å². The number of hydrogen-bond acceptors (Lipinski definition) is 6. The molecule has 2 aliphatic rings. The minimum atomic E-state index is -0.957. The van der Waals surface area contributed by atoms with E-state index in [0.717, 1.165) is 17.9 Å². The van der Waals surface area contributed by atoms with Gasteiger partial charge in [0.25, 0.3) is 5.89 Å². The fourth-order valence-corrected chi connectivity index (χ4v) is 4.67. The smallest absolute Gasteiger partial charge is 0.259 e. The van der Waals surface area contributed by atoms with Crippen molar-refractivity contribution in [2.75, 3.05) is 24.6 Å². The van der Waals surface area contributed by atoms with Crippen LogP contribution in [-0.4, -0.2) is 44.7 Å². The zero-order valence-electron chi connectivity index (χ0n) is 13.8. The van der Waals surface area contributed by atoms with Crippen LogP contribution in [0.5, 0.6) is 0 Å². The predicted molar refractivity (Wildman–Crippen MR) is 94.7 cm³/mol. The summed E-state index contributed by atoms with van der Waals surface area (Å²) in [6, 6.07) is 8.34. The molecule has 1 unspecified atom stereocenters. The lowest BCUT2D eigenvalue weighted by Crippen LogP contribution is -2.29. The van der Waals surface area contributed by atoms with Gasteiger partial charge in [-0.1, -0.05) is 29.8 Å². The van der Waals surface area contributed by atoms with Crippen molar-refractivity contribution in [2.45, 2.75) is 37.8 Å². The summed E-state index contributed by atoms with van der Waals surface area (Å²) in [7, 11) is 0. The van der Waals surface area contributed by atoms with Crippen LogP contribution in [0.4, 0.5) is 0 Å². The van der Waals surface area contributed by atoms with Gasteiger partial charge in [0.05, 0.1) is 0 Å². The maximum Gasteiger partial charge on any atom is 0.259 e. The zero-order chi connectivity index (χ0) is 16.4. The Morgan fingerprint density at radius 2 is 2.12 bits per heavy atom. The molecule has 2 aromatic rings. The molecule has 0 radical (unpaired) electrons. The van der Waals surface area contributed by atoms with Crippen molar-refractivity contribution in [1.29, 1.82) is 0 Å². The monoisotopic (exact) mass is 345 g/mol. The third-order valence-electron chi connectivity index (χ3n) is 4.86.